The Balaban J connectivity index is 1.67. The van der Waals surface area contributed by atoms with E-state index in [0.717, 1.165) is 12.0 Å². The van der Waals surface area contributed by atoms with Gasteiger partial charge in [0.1, 0.15) is 5.82 Å². The molecule has 0 saturated heterocycles. The lowest BCUT2D eigenvalue weighted by Crippen LogP contribution is -2.14. The minimum atomic E-state index is -0.328. The fraction of sp³-hybridized carbons (Fsp3) is 0.188. The summed E-state index contributed by atoms with van der Waals surface area (Å²) in [5, 5.41) is 3.93. The lowest BCUT2D eigenvalue weighted by Gasteiger charge is -2.05. The molecule has 1 saturated carbocycles. The monoisotopic (exact) mass is 323 g/mol. The second-order valence-corrected chi connectivity index (χ2v) is 6.02. The summed E-state index contributed by atoms with van der Waals surface area (Å²) in [6.45, 7) is 0. The van der Waals surface area contributed by atoms with Crippen LogP contribution in [0.25, 0.3) is 0 Å². The normalized spacial score (nSPS) is 20.1. The van der Waals surface area contributed by atoms with Crippen LogP contribution in [-0.4, -0.2) is 5.91 Å². The number of hydrogen-bond donors (Lipinski definition) is 1. The molecule has 1 fully saturated rings. The van der Waals surface area contributed by atoms with Gasteiger partial charge in [-0.1, -0.05) is 23.2 Å². The Hall–Kier alpha value is -1.58. The maximum atomic E-state index is 12.8. The summed E-state index contributed by atoms with van der Waals surface area (Å²) in [7, 11) is 0. The third kappa shape index (κ3) is 3.36. The molecule has 0 radical (unpaired) electrons. The molecular formula is C16H12Cl2FNO. The van der Waals surface area contributed by atoms with Crippen LogP contribution in [0, 0.1) is 11.7 Å². The highest BCUT2D eigenvalue weighted by Gasteiger charge is 2.44. The molecule has 21 heavy (non-hydrogen) atoms. The van der Waals surface area contributed by atoms with Gasteiger partial charge < -0.3 is 5.32 Å². The molecule has 108 valence electrons. The zero-order valence-corrected chi connectivity index (χ0v) is 12.5. The topological polar surface area (TPSA) is 29.1 Å². The minimum absolute atomic E-state index is 0.0669. The van der Waals surface area contributed by atoms with Crippen LogP contribution in [-0.2, 0) is 4.79 Å². The van der Waals surface area contributed by atoms with Crippen molar-refractivity contribution >= 4 is 34.8 Å². The van der Waals surface area contributed by atoms with E-state index in [1.807, 2.05) is 12.1 Å². The Morgan fingerprint density at radius 3 is 2.33 bits per heavy atom. The van der Waals surface area contributed by atoms with E-state index in [9.17, 15) is 9.18 Å². The maximum absolute atomic E-state index is 12.8. The first kappa shape index (κ1) is 14.4. The van der Waals surface area contributed by atoms with E-state index in [1.165, 1.54) is 12.1 Å². The minimum Gasteiger partial charge on any atom is -0.326 e. The van der Waals surface area contributed by atoms with Gasteiger partial charge in [0.25, 0.3) is 0 Å². The van der Waals surface area contributed by atoms with Crippen LogP contribution in [0.15, 0.2) is 42.5 Å². The summed E-state index contributed by atoms with van der Waals surface area (Å²) in [4.78, 5) is 12.1. The number of anilines is 1. The smallest absolute Gasteiger partial charge is 0.228 e. The third-order valence-corrected chi connectivity index (χ3v) is 3.99. The molecule has 0 aliphatic heterocycles. The van der Waals surface area contributed by atoms with Crippen molar-refractivity contribution in [3.05, 3.63) is 63.9 Å². The summed E-state index contributed by atoms with van der Waals surface area (Å²) in [5.41, 5.74) is 1.57. The summed E-state index contributed by atoms with van der Waals surface area (Å²) >= 11 is 11.9. The molecule has 0 aromatic heterocycles. The number of carbonyl (C=O) groups is 1. The SMILES string of the molecule is O=C(Nc1ccc(F)cc1)C1CC1c1cc(Cl)cc(Cl)c1. The average Bonchev–Trinajstić information content (AvgIpc) is 3.20. The molecule has 1 amide bonds. The van der Waals surface area contributed by atoms with Crippen LogP contribution < -0.4 is 5.32 Å². The number of hydrogen-bond acceptors (Lipinski definition) is 1. The van der Waals surface area contributed by atoms with Gasteiger partial charge in [-0.05, 0) is 60.4 Å². The Kier molecular flexibility index (Phi) is 3.87. The Morgan fingerprint density at radius 1 is 1.10 bits per heavy atom. The van der Waals surface area contributed by atoms with Gasteiger partial charge in [-0.25, -0.2) is 4.39 Å². The van der Waals surface area contributed by atoms with Gasteiger partial charge in [0.15, 0.2) is 0 Å². The number of rotatable bonds is 3. The van der Waals surface area contributed by atoms with Crippen molar-refractivity contribution in [1.29, 1.82) is 0 Å². The molecule has 2 unspecified atom stereocenters. The largest absolute Gasteiger partial charge is 0.326 e. The molecule has 0 spiro atoms. The van der Waals surface area contributed by atoms with Crippen molar-refractivity contribution in [2.75, 3.05) is 5.32 Å². The van der Waals surface area contributed by atoms with Gasteiger partial charge in [-0.3, -0.25) is 4.79 Å². The molecule has 0 heterocycles. The number of amides is 1. The van der Waals surface area contributed by atoms with E-state index in [4.69, 9.17) is 23.2 Å². The molecule has 2 aromatic carbocycles. The lowest BCUT2D eigenvalue weighted by atomic mass is 10.1. The van der Waals surface area contributed by atoms with Crippen molar-refractivity contribution < 1.29 is 9.18 Å². The lowest BCUT2D eigenvalue weighted by molar-refractivity contribution is -0.117. The van der Waals surface area contributed by atoms with Gasteiger partial charge in [0.2, 0.25) is 5.91 Å². The van der Waals surface area contributed by atoms with E-state index in [0.29, 0.717) is 15.7 Å². The summed E-state index contributed by atoms with van der Waals surface area (Å²) in [5.74, 6) is -0.347. The van der Waals surface area contributed by atoms with Crippen LogP contribution in [0.1, 0.15) is 17.9 Å². The third-order valence-electron chi connectivity index (χ3n) is 3.55. The van der Waals surface area contributed by atoms with Gasteiger partial charge in [-0.15, -0.1) is 0 Å². The predicted octanol–water partition coefficient (Wildman–Crippen LogP) is 4.87. The van der Waals surface area contributed by atoms with Gasteiger partial charge in [0.05, 0.1) is 0 Å². The summed E-state index contributed by atoms with van der Waals surface area (Å²) in [6.07, 6.45) is 0.768. The van der Waals surface area contributed by atoms with Crippen molar-refractivity contribution in [3.8, 4) is 0 Å². The molecule has 0 bridgehead atoms. The zero-order valence-electron chi connectivity index (χ0n) is 10.9. The fourth-order valence-corrected chi connectivity index (χ4v) is 2.95. The van der Waals surface area contributed by atoms with Crippen molar-refractivity contribution in [3.63, 3.8) is 0 Å². The van der Waals surface area contributed by atoms with Crippen LogP contribution >= 0.6 is 23.2 Å². The zero-order chi connectivity index (χ0) is 15.0. The standard InChI is InChI=1S/C16H12Cl2FNO/c17-10-5-9(6-11(18)7-10)14-8-15(14)16(21)20-13-3-1-12(19)2-4-13/h1-7,14-15H,8H2,(H,20,21). The molecular weight excluding hydrogens is 312 g/mol. The van der Waals surface area contributed by atoms with Crippen molar-refractivity contribution in [1.82, 2.24) is 0 Å². The van der Waals surface area contributed by atoms with E-state index >= 15 is 0 Å². The molecule has 1 N–H and O–H groups in total. The highest BCUT2D eigenvalue weighted by Crippen LogP contribution is 2.49. The maximum Gasteiger partial charge on any atom is 0.228 e. The number of nitrogens with one attached hydrogen (secondary N) is 1. The van der Waals surface area contributed by atoms with Crippen molar-refractivity contribution in [2.24, 2.45) is 5.92 Å². The highest BCUT2D eigenvalue weighted by molar-refractivity contribution is 6.34. The fourth-order valence-electron chi connectivity index (χ4n) is 2.41. The first-order valence-corrected chi connectivity index (χ1v) is 7.31. The Labute approximate surface area is 131 Å². The molecule has 2 aromatic rings. The van der Waals surface area contributed by atoms with Crippen LogP contribution in [0.2, 0.25) is 10.0 Å². The van der Waals surface area contributed by atoms with Gasteiger partial charge in [-0.2, -0.15) is 0 Å². The van der Waals surface area contributed by atoms with E-state index in [2.05, 4.69) is 5.32 Å². The second-order valence-electron chi connectivity index (χ2n) is 5.15. The highest BCUT2D eigenvalue weighted by atomic mass is 35.5. The molecule has 5 heteroatoms. The van der Waals surface area contributed by atoms with E-state index in [1.54, 1.807) is 18.2 Å². The van der Waals surface area contributed by atoms with Crippen LogP contribution in [0.5, 0.6) is 0 Å². The molecule has 1 aliphatic carbocycles. The Bertz CT molecular complexity index is 667. The quantitative estimate of drug-likeness (QED) is 0.857. The van der Waals surface area contributed by atoms with Gasteiger partial charge in [0, 0.05) is 21.7 Å². The Morgan fingerprint density at radius 2 is 1.71 bits per heavy atom. The van der Waals surface area contributed by atoms with E-state index < -0.39 is 0 Å². The van der Waals surface area contributed by atoms with Crippen LogP contribution in [0.4, 0.5) is 10.1 Å². The summed E-state index contributed by atoms with van der Waals surface area (Å²) in [6, 6.07) is 11.1. The van der Waals surface area contributed by atoms with Gasteiger partial charge >= 0.3 is 0 Å². The summed E-state index contributed by atoms with van der Waals surface area (Å²) < 4.78 is 12.8. The second kappa shape index (κ2) is 5.66. The molecule has 2 atom stereocenters. The number of carbonyl (C=O) groups excluding carboxylic acids is 1. The first-order valence-electron chi connectivity index (χ1n) is 6.55. The number of benzene rings is 2. The van der Waals surface area contributed by atoms with E-state index in [-0.39, 0.29) is 23.6 Å². The van der Waals surface area contributed by atoms with Crippen LogP contribution in [0.3, 0.4) is 0 Å². The molecule has 1 aliphatic rings. The number of halogens is 3. The average molecular weight is 324 g/mol. The first-order chi connectivity index (χ1) is 10.0. The van der Waals surface area contributed by atoms with Crippen molar-refractivity contribution in [2.45, 2.75) is 12.3 Å². The predicted molar refractivity (Wildman–Crippen MR) is 82.3 cm³/mol. The molecule has 2 nitrogen and oxygen atoms in total. The molecule has 3 rings (SSSR count).